The van der Waals surface area contributed by atoms with Gasteiger partial charge in [0.1, 0.15) is 0 Å². The highest BCUT2D eigenvalue weighted by molar-refractivity contribution is 9.09. The molecule has 0 fully saturated rings. The van der Waals surface area contributed by atoms with Crippen LogP contribution in [0.5, 0.6) is 0 Å². The summed E-state index contributed by atoms with van der Waals surface area (Å²) in [5, 5.41) is 9.82. The number of rotatable bonds is 2. The van der Waals surface area contributed by atoms with Crippen LogP contribution in [0, 0.1) is 5.92 Å². The van der Waals surface area contributed by atoms with Crippen molar-refractivity contribution in [2.75, 3.05) is 5.33 Å². The highest BCUT2D eigenvalue weighted by atomic mass is 79.9. The topological polar surface area (TPSA) is 84.8 Å². The number of Topliss-reactive ketones (excluding diaryl/α,β-unsaturated/α-hetero) is 1. The molecular formula is C9H9BrN2O4. The molecule has 0 radical (unpaired) electrons. The van der Waals surface area contributed by atoms with E-state index in [0.717, 1.165) is 4.57 Å². The average Bonchev–Trinajstić information content (AvgIpc) is 2.57. The second kappa shape index (κ2) is 3.99. The van der Waals surface area contributed by atoms with Crippen molar-refractivity contribution in [1.82, 2.24) is 4.57 Å². The molecule has 0 aromatic carbocycles. The van der Waals surface area contributed by atoms with E-state index in [4.69, 9.17) is 4.42 Å². The third-order valence-corrected chi connectivity index (χ3v) is 3.10. The summed E-state index contributed by atoms with van der Waals surface area (Å²) in [5.41, 5.74) is 0. The number of hydrogen-bond acceptors (Lipinski definition) is 5. The van der Waals surface area contributed by atoms with E-state index in [-0.39, 0.29) is 16.9 Å². The third kappa shape index (κ3) is 1.56. The lowest BCUT2D eigenvalue weighted by Crippen LogP contribution is -2.32. The molecule has 1 aliphatic heterocycles. The number of halogens is 1. The smallest absolute Gasteiger partial charge is 0.402 e. The first-order chi connectivity index (χ1) is 7.56. The molecule has 2 rings (SSSR count). The highest BCUT2D eigenvalue weighted by Gasteiger charge is 2.34. The molecule has 86 valence electrons. The molecule has 0 amide bonds. The molecule has 2 unspecified atom stereocenters. The van der Waals surface area contributed by atoms with Crippen molar-refractivity contribution in [3.63, 3.8) is 0 Å². The molecule has 1 aromatic heterocycles. The van der Waals surface area contributed by atoms with Gasteiger partial charge in [-0.05, 0) is 0 Å². The molecule has 2 atom stereocenters. The average molecular weight is 289 g/mol. The molecule has 1 aliphatic rings. The van der Waals surface area contributed by atoms with Gasteiger partial charge in [-0.25, -0.2) is 9.79 Å². The molecule has 6 nitrogen and oxygen atoms in total. The van der Waals surface area contributed by atoms with Gasteiger partial charge >= 0.3 is 5.76 Å². The van der Waals surface area contributed by atoms with E-state index in [1.807, 2.05) is 0 Å². The predicted octanol–water partition coefficient (Wildman–Crippen LogP) is 0.249. The zero-order chi connectivity index (χ0) is 11.9. The van der Waals surface area contributed by atoms with Crippen LogP contribution in [0.3, 0.4) is 0 Å². The zero-order valence-corrected chi connectivity index (χ0v) is 9.97. The fourth-order valence-electron chi connectivity index (χ4n) is 1.49. The first-order valence-electron chi connectivity index (χ1n) is 4.58. The summed E-state index contributed by atoms with van der Waals surface area (Å²) in [4.78, 5) is 27.0. The molecule has 0 aliphatic carbocycles. The fraction of sp³-hybridized carbons (Fsp3) is 0.444. The molecule has 1 aromatic rings. The van der Waals surface area contributed by atoms with Crippen molar-refractivity contribution in [3.8, 4) is 0 Å². The second-order valence-electron chi connectivity index (χ2n) is 3.47. The molecule has 2 heterocycles. The summed E-state index contributed by atoms with van der Waals surface area (Å²) < 4.78 is 5.94. The van der Waals surface area contributed by atoms with Gasteiger partial charge in [-0.3, -0.25) is 9.36 Å². The Kier molecular flexibility index (Phi) is 2.81. The fourth-order valence-corrected chi connectivity index (χ4v) is 1.89. The van der Waals surface area contributed by atoms with Crippen LogP contribution in [0.1, 0.15) is 10.6 Å². The Bertz CT molecular complexity index is 516. The van der Waals surface area contributed by atoms with Crippen LogP contribution in [0.25, 0.3) is 0 Å². The maximum atomic E-state index is 11.9. The van der Waals surface area contributed by atoms with E-state index in [9.17, 15) is 14.7 Å². The van der Waals surface area contributed by atoms with E-state index in [1.54, 1.807) is 0 Å². The summed E-state index contributed by atoms with van der Waals surface area (Å²) in [6.45, 7) is 0. The van der Waals surface area contributed by atoms with E-state index >= 15 is 0 Å². The second-order valence-corrected chi connectivity index (χ2v) is 4.12. The highest BCUT2D eigenvalue weighted by Crippen LogP contribution is 2.26. The quantitative estimate of drug-likeness (QED) is 0.791. The summed E-state index contributed by atoms with van der Waals surface area (Å²) in [6.07, 6.45) is 0.459. The van der Waals surface area contributed by atoms with E-state index < -0.39 is 23.6 Å². The van der Waals surface area contributed by atoms with Crippen molar-refractivity contribution in [2.24, 2.45) is 18.0 Å². The maximum Gasteiger partial charge on any atom is 0.421 e. The number of nitrogens with zero attached hydrogens (tertiary/aromatic N) is 2. The van der Waals surface area contributed by atoms with Gasteiger partial charge in [0.2, 0.25) is 11.5 Å². The minimum atomic E-state index is -0.880. The lowest BCUT2D eigenvalue weighted by Gasteiger charge is -2.17. The molecule has 0 bridgehead atoms. The number of ketones is 1. The number of aliphatic hydroxyl groups excluding tert-OH is 1. The van der Waals surface area contributed by atoms with Crippen molar-refractivity contribution >= 4 is 33.7 Å². The van der Waals surface area contributed by atoms with Gasteiger partial charge in [-0.2, -0.15) is 0 Å². The van der Waals surface area contributed by atoms with Crippen LogP contribution in [0.2, 0.25) is 0 Å². The Labute approximate surface area is 98.7 Å². The summed E-state index contributed by atoms with van der Waals surface area (Å²) in [5.74, 6) is -1.70. The number of carbonyl (C=O) groups excluding carboxylic acids is 1. The number of alkyl halides is 1. The van der Waals surface area contributed by atoms with Crippen molar-refractivity contribution < 1.29 is 14.3 Å². The Balaban J connectivity index is 2.47. The Morgan fingerprint density at radius 2 is 2.38 bits per heavy atom. The largest absolute Gasteiger partial charge is 0.421 e. The van der Waals surface area contributed by atoms with E-state index in [1.165, 1.54) is 13.3 Å². The maximum absolute atomic E-state index is 11.9. The Morgan fingerprint density at radius 1 is 1.69 bits per heavy atom. The van der Waals surface area contributed by atoms with E-state index in [2.05, 4.69) is 20.9 Å². The van der Waals surface area contributed by atoms with Crippen molar-refractivity contribution in [2.45, 2.75) is 6.10 Å². The van der Waals surface area contributed by atoms with Gasteiger partial charge in [0.05, 0.1) is 12.0 Å². The summed E-state index contributed by atoms with van der Waals surface area (Å²) >= 11 is 3.08. The van der Waals surface area contributed by atoms with Crippen LogP contribution in [-0.4, -0.2) is 33.1 Å². The van der Waals surface area contributed by atoms with Gasteiger partial charge in [0, 0.05) is 18.6 Å². The summed E-state index contributed by atoms with van der Waals surface area (Å²) in [6, 6.07) is 0. The molecule has 16 heavy (non-hydrogen) atoms. The lowest BCUT2D eigenvalue weighted by atomic mass is 9.96. The minimum Gasteiger partial charge on any atom is -0.402 e. The zero-order valence-electron chi connectivity index (χ0n) is 8.38. The number of hydrogen-bond donors (Lipinski definition) is 1. The van der Waals surface area contributed by atoms with Gasteiger partial charge in [0.15, 0.2) is 5.82 Å². The Hall–Kier alpha value is -1.21. The molecular weight excluding hydrogens is 280 g/mol. The van der Waals surface area contributed by atoms with Crippen molar-refractivity contribution in [3.05, 3.63) is 16.3 Å². The summed E-state index contributed by atoms with van der Waals surface area (Å²) in [7, 11) is 1.47. The molecule has 7 heteroatoms. The third-order valence-electron chi connectivity index (χ3n) is 2.44. The standard InChI is InChI=1S/C9H9BrN2O4/c1-12-8-7(16-9(12)15)6(14)4(3-11-8)5(13)2-10/h3-5,13H,2H2,1H3. The number of aliphatic hydroxyl groups is 1. The van der Waals surface area contributed by atoms with Crippen LogP contribution >= 0.6 is 15.9 Å². The SMILES string of the molecule is Cn1c2c(oc1=O)C(=O)C(C(O)CBr)C=N2. The number of fused-ring (bicyclic) bond motifs is 1. The van der Waals surface area contributed by atoms with E-state index in [0.29, 0.717) is 0 Å². The first kappa shape index (κ1) is 11.3. The van der Waals surface area contributed by atoms with Gasteiger partial charge in [-0.15, -0.1) is 0 Å². The van der Waals surface area contributed by atoms with Crippen LogP contribution < -0.4 is 5.76 Å². The minimum absolute atomic E-state index is 0.0833. The number of carbonyl (C=O) groups is 1. The number of aromatic nitrogens is 1. The monoisotopic (exact) mass is 288 g/mol. The predicted molar refractivity (Wildman–Crippen MR) is 59.7 cm³/mol. The Morgan fingerprint density at radius 3 is 3.00 bits per heavy atom. The van der Waals surface area contributed by atoms with Gasteiger partial charge in [0.25, 0.3) is 0 Å². The molecule has 0 saturated carbocycles. The number of oxazole rings is 1. The molecule has 1 N–H and O–H groups in total. The lowest BCUT2D eigenvalue weighted by molar-refractivity contribution is 0.0808. The van der Waals surface area contributed by atoms with Gasteiger partial charge < -0.3 is 9.52 Å². The van der Waals surface area contributed by atoms with Crippen molar-refractivity contribution in [1.29, 1.82) is 0 Å². The number of aliphatic imine (C=N–C) groups is 1. The van der Waals surface area contributed by atoms with Crippen LogP contribution in [0.15, 0.2) is 14.2 Å². The molecule has 0 saturated heterocycles. The van der Waals surface area contributed by atoms with Gasteiger partial charge in [-0.1, -0.05) is 15.9 Å². The normalized spacial score (nSPS) is 20.9. The first-order valence-corrected chi connectivity index (χ1v) is 5.70. The van der Waals surface area contributed by atoms with Crippen LogP contribution in [0.4, 0.5) is 5.82 Å². The molecule has 0 spiro atoms. The van der Waals surface area contributed by atoms with Crippen LogP contribution in [-0.2, 0) is 7.05 Å².